The smallest absolute Gasteiger partial charge is 0.301 e. The molecule has 10 heteroatoms. The van der Waals surface area contributed by atoms with Crippen molar-refractivity contribution in [1.82, 2.24) is 4.98 Å². The maximum atomic E-state index is 13.7. The molecule has 1 amide bonds. The van der Waals surface area contributed by atoms with Gasteiger partial charge in [-0.25, -0.2) is 4.98 Å². The lowest BCUT2D eigenvalue weighted by Gasteiger charge is -2.24. The number of carbonyl (C=O) groups excluding carboxylic acids is 3. The van der Waals surface area contributed by atoms with E-state index in [0.29, 0.717) is 52.8 Å². The molecule has 0 spiro atoms. The molecule has 1 saturated heterocycles. The number of anilines is 1. The van der Waals surface area contributed by atoms with Crippen molar-refractivity contribution >= 4 is 39.7 Å². The Hall–Kier alpha value is -4.18. The van der Waals surface area contributed by atoms with Gasteiger partial charge in [0, 0.05) is 18.9 Å². The molecule has 9 nitrogen and oxygen atoms in total. The standard InChI is InChI=1S/C33H36N2O7S/c1-6-8-9-14-41-25-13-10-21(17-26(25)40-7-2)28-27(29(37)22-11-12-24-23(16-22)15-18(3)42-24)30(38)32(39)35(28)33-34-19(4)31(43-33)20(5)36/h10-13,16-18,28,37H,6-9,14-15H2,1-5H3/b29-27+/t18-,28-/m1/s1. The van der Waals surface area contributed by atoms with E-state index in [1.807, 2.05) is 13.8 Å². The Balaban J connectivity index is 1.65. The molecule has 5 rings (SSSR count). The fourth-order valence-electron chi connectivity index (χ4n) is 5.50. The predicted octanol–water partition coefficient (Wildman–Crippen LogP) is 6.57. The number of benzene rings is 2. The number of thiazole rings is 1. The number of rotatable bonds is 11. The van der Waals surface area contributed by atoms with Gasteiger partial charge in [-0.3, -0.25) is 19.3 Å². The van der Waals surface area contributed by atoms with Gasteiger partial charge in [0.2, 0.25) is 0 Å². The van der Waals surface area contributed by atoms with Gasteiger partial charge in [0.05, 0.1) is 35.4 Å². The van der Waals surface area contributed by atoms with E-state index in [-0.39, 0.29) is 28.4 Å². The average Bonchev–Trinajstić information content (AvgIpc) is 3.63. The largest absolute Gasteiger partial charge is 0.507 e. The van der Waals surface area contributed by atoms with Gasteiger partial charge in [0.15, 0.2) is 22.4 Å². The van der Waals surface area contributed by atoms with Crippen LogP contribution >= 0.6 is 11.3 Å². The molecule has 1 N–H and O–H groups in total. The van der Waals surface area contributed by atoms with Crippen LogP contribution in [-0.4, -0.2) is 46.9 Å². The van der Waals surface area contributed by atoms with Crippen LogP contribution in [0.5, 0.6) is 17.2 Å². The molecular weight excluding hydrogens is 568 g/mol. The van der Waals surface area contributed by atoms with Crippen molar-refractivity contribution in [2.45, 2.75) is 72.4 Å². The first-order chi connectivity index (χ1) is 20.6. The first-order valence-electron chi connectivity index (χ1n) is 14.6. The summed E-state index contributed by atoms with van der Waals surface area (Å²) in [6, 6.07) is 9.46. The number of nitrogens with zero attached hydrogens (tertiary/aromatic N) is 2. The first kappa shape index (κ1) is 30.3. The van der Waals surface area contributed by atoms with Gasteiger partial charge in [-0.05, 0) is 68.7 Å². The van der Waals surface area contributed by atoms with E-state index in [2.05, 4.69) is 11.9 Å². The molecule has 226 valence electrons. The zero-order valence-corrected chi connectivity index (χ0v) is 25.9. The lowest BCUT2D eigenvalue weighted by molar-refractivity contribution is -0.132. The van der Waals surface area contributed by atoms with Crippen molar-refractivity contribution in [3.8, 4) is 17.2 Å². The van der Waals surface area contributed by atoms with E-state index in [0.717, 1.165) is 41.9 Å². The maximum Gasteiger partial charge on any atom is 0.301 e. The van der Waals surface area contributed by atoms with Gasteiger partial charge in [-0.1, -0.05) is 37.2 Å². The van der Waals surface area contributed by atoms with Crippen molar-refractivity contribution in [2.24, 2.45) is 0 Å². The topological polar surface area (TPSA) is 115 Å². The Morgan fingerprint density at radius 1 is 1.12 bits per heavy atom. The molecule has 1 aromatic heterocycles. The average molecular weight is 605 g/mol. The van der Waals surface area contributed by atoms with E-state index >= 15 is 0 Å². The van der Waals surface area contributed by atoms with E-state index in [4.69, 9.17) is 14.2 Å². The molecule has 2 aromatic carbocycles. The highest BCUT2D eigenvalue weighted by Gasteiger charge is 2.48. The Morgan fingerprint density at radius 2 is 1.91 bits per heavy atom. The lowest BCUT2D eigenvalue weighted by atomic mass is 9.94. The summed E-state index contributed by atoms with van der Waals surface area (Å²) < 4.78 is 17.7. The predicted molar refractivity (Wildman–Crippen MR) is 165 cm³/mol. The Kier molecular flexibility index (Phi) is 8.87. The zero-order chi connectivity index (χ0) is 30.8. The van der Waals surface area contributed by atoms with Gasteiger partial charge >= 0.3 is 5.91 Å². The quantitative estimate of drug-likeness (QED) is 0.0859. The van der Waals surface area contributed by atoms with Gasteiger partial charge in [0.1, 0.15) is 17.6 Å². The van der Waals surface area contributed by atoms with Gasteiger partial charge in [-0.15, -0.1) is 0 Å². The summed E-state index contributed by atoms with van der Waals surface area (Å²) in [4.78, 5) is 45.8. The lowest BCUT2D eigenvalue weighted by Crippen LogP contribution is -2.29. The normalized spacial score (nSPS) is 19.0. The van der Waals surface area contributed by atoms with Crippen LogP contribution < -0.4 is 19.1 Å². The molecule has 0 saturated carbocycles. The number of fused-ring (bicyclic) bond motifs is 1. The van der Waals surface area contributed by atoms with E-state index < -0.39 is 17.7 Å². The molecule has 1 fully saturated rings. The van der Waals surface area contributed by atoms with Crippen LogP contribution in [0.4, 0.5) is 5.13 Å². The minimum atomic E-state index is -1.03. The Morgan fingerprint density at radius 3 is 2.60 bits per heavy atom. The van der Waals surface area contributed by atoms with Crippen LogP contribution in [0.1, 0.15) is 85.1 Å². The van der Waals surface area contributed by atoms with Crippen LogP contribution in [0.15, 0.2) is 42.0 Å². The number of ether oxygens (including phenoxy) is 3. The molecular formula is C33H36N2O7S. The Bertz CT molecular complexity index is 1610. The second kappa shape index (κ2) is 12.6. The summed E-state index contributed by atoms with van der Waals surface area (Å²) in [5.41, 5.74) is 2.23. The summed E-state index contributed by atoms with van der Waals surface area (Å²) in [6.45, 7) is 9.97. The summed E-state index contributed by atoms with van der Waals surface area (Å²) in [5, 5.41) is 11.9. The number of aromatic nitrogens is 1. The van der Waals surface area contributed by atoms with E-state index in [1.165, 1.54) is 11.8 Å². The summed E-state index contributed by atoms with van der Waals surface area (Å²) in [6.07, 6.45) is 3.67. The molecule has 2 aliphatic rings. The maximum absolute atomic E-state index is 13.7. The monoisotopic (exact) mass is 604 g/mol. The molecule has 2 aliphatic heterocycles. The molecule has 0 bridgehead atoms. The minimum Gasteiger partial charge on any atom is -0.507 e. The molecule has 0 radical (unpaired) electrons. The molecule has 2 atom stereocenters. The van der Waals surface area contributed by atoms with Crippen molar-refractivity contribution < 1.29 is 33.7 Å². The fraction of sp³-hybridized carbons (Fsp3) is 0.394. The van der Waals surface area contributed by atoms with Crippen LogP contribution in [-0.2, 0) is 16.0 Å². The highest BCUT2D eigenvalue weighted by molar-refractivity contribution is 7.18. The van der Waals surface area contributed by atoms with Crippen LogP contribution in [0.2, 0.25) is 0 Å². The number of ketones is 2. The third-order valence-electron chi connectivity index (χ3n) is 7.51. The first-order valence-corrected chi connectivity index (χ1v) is 15.4. The van der Waals surface area contributed by atoms with Gasteiger partial charge in [-0.2, -0.15) is 0 Å². The fourth-order valence-corrected chi connectivity index (χ4v) is 6.49. The molecule has 43 heavy (non-hydrogen) atoms. The molecule has 0 unspecified atom stereocenters. The molecule has 3 heterocycles. The van der Waals surface area contributed by atoms with E-state index in [9.17, 15) is 19.5 Å². The van der Waals surface area contributed by atoms with Crippen molar-refractivity contribution in [1.29, 1.82) is 0 Å². The summed E-state index contributed by atoms with van der Waals surface area (Å²) >= 11 is 1.04. The third-order valence-corrected chi connectivity index (χ3v) is 8.77. The summed E-state index contributed by atoms with van der Waals surface area (Å²) in [5.74, 6) is -0.430. The number of aryl methyl sites for hydroxylation is 1. The SMILES string of the molecule is CCCCCOc1ccc([C@@H]2/C(=C(\O)c3ccc4c(c3)C[C@@H](C)O4)C(=O)C(=O)N2c2nc(C)c(C(C)=O)s2)cc1OCC. The molecule has 3 aromatic rings. The van der Waals surface area contributed by atoms with Gasteiger partial charge < -0.3 is 19.3 Å². The van der Waals surface area contributed by atoms with Crippen LogP contribution in [0, 0.1) is 6.92 Å². The van der Waals surface area contributed by atoms with Crippen LogP contribution in [0.25, 0.3) is 5.76 Å². The molecule has 0 aliphatic carbocycles. The second-order valence-corrected chi connectivity index (χ2v) is 11.8. The number of Topliss-reactive ketones (excluding diaryl/α,β-unsaturated/α-hetero) is 2. The number of unbranched alkanes of at least 4 members (excludes halogenated alkanes) is 2. The number of hydrogen-bond acceptors (Lipinski definition) is 9. The highest BCUT2D eigenvalue weighted by Crippen LogP contribution is 2.46. The Labute approximate surface area is 255 Å². The van der Waals surface area contributed by atoms with E-state index in [1.54, 1.807) is 43.3 Å². The van der Waals surface area contributed by atoms with Gasteiger partial charge in [0.25, 0.3) is 5.78 Å². The number of aliphatic hydroxyl groups is 1. The zero-order valence-electron chi connectivity index (χ0n) is 25.1. The van der Waals surface area contributed by atoms with Crippen molar-refractivity contribution in [3.05, 3.63) is 69.2 Å². The number of aliphatic hydroxyl groups excluding tert-OH is 1. The summed E-state index contributed by atoms with van der Waals surface area (Å²) in [7, 11) is 0. The highest BCUT2D eigenvalue weighted by atomic mass is 32.1. The van der Waals surface area contributed by atoms with Crippen LogP contribution in [0.3, 0.4) is 0 Å². The number of hydrogen-bond donors (Lipinski definition) is 1. The van der Waals surface area contributed by atoms with Crippen molar-refractivity contribution in [2.75, 3.05) is 18.1 Å². The second-order valence-electron chi connectivity index (χ2n) is 10.8. The number of carbonyl (C=O) groups is 3. The third kappa shape index (κ3) is 5.88. The minimum absolute atomic E-state index is 0.00119. The number of amides is 1. The van der Waals surface area contributed by atoms with Crippen molar-refractivity contribution in [3.63, 3.8) is 0 Å².